The molecular weight excluding hydrogens is 202 g/mol. The average Bonchev–Trinajstić information content (AvgIpc) is 2.73. The molecule has 2 heterocycles. The lowest BCUT2D eigenvalue weighted by molar-refractivity contribution is 0.0957. The van der Waals surface area contributed by atoms with Crippen molar-refractivity contribution in [1.82, 2.24) is 14.7 Å². The minimum Gasteiger partial charge on any atom is -0.354 e. The largest absolute Gasteiger partial charge is 0.354 e. The number of hydrogen-bond acceptors (Lipinski definition) is 2. The van der Waals surface area contributed by atoms with E-state index in [1.54, 1.807) is 17.6 Å². The number of aryl methyl sites for hydroxylation is 1. The fraction of sp³-hybridized carbons (Fsp3) is 0.333. The average molecular weight is 219 g/mol. The molecule has 0 unspecified atom stereocenters. The zero-order chi connectivity index (χ0) is 12.1. The summed E-state index contributed by atoms with van der Waals surface area (Å²) in [4.78, 5) is 15.6. The molecule has 86 valence electrons. The van der Waals surface area contributed by atoms with E-state index in [0.717, 1.165) is 11.2 Å². The van der Waals surface area contributed by atoms with Gasteiger partial charge in [-0.2, -0.15) is 0 Å². The van der Waals surface area contributed by atoms with Crippen molar-refractivity contribution in [2.45, 2.75) is 20.8 Å². The zero-order valence-electron chi connectivity index (χ0n) is 10.1. The quantitative estimate of drug-likeness (QED) is 0.797. The number of imidazole rings is 1. The second-order valence-electron chi connectivity index (χ2n) is 3.16. The maximum Gasteiger partial charge on any atom is 0.269 e. The van der Waals surface area contributed by atoms with E-state index in [0.29, 0.717) is 5.69 Å². The van der Waals surface area contributed by atoms with Gasteiger partial charge in [-0.15, -0.1) is 0 Å². The predicted molar refractivity (Wildman–Crippen MR) is 64.7 cm³/mol. The van der Waals surface area contributed by atoms with Gasteiger partial charge in [-0.3, -0.25) is 9.20 Å². The molecule has 0 aliphatic carbocycles. The van der Waals surface area contributed by atoms with Crippen LogP contribution in [0.5, 0.6) is 0 Å². The molecule has 2 rings (SSSR count). The molecule has 4 heteroatoms. The van der Waals surface area contributed by atoms with Gasteiger partial charge in [0.05, 0.1) is 6.20 Å². The van der Waals surface area contributed by atoms with Crippen molar-refractivity contribution in [2.75, 3.05) is 7.05 Å². The molecule has 0 bridgehead atoms. The van der Waals surface area contributed by atoms with Gasteiger partial charge in [-0.25, -0.2) is 4.98 Å². The molecule has 0 atom stereocenters. The highest BCUT2D eigenvalue weighted by Crippen LogP contribution is 2.08. The number of fused-ring (bicyclic) bond motifs is 1. The van der Waals surface area contributed by atoms with E-state index in [1.165, 1.54) is 0 Å². The molecule has 0 aliphatic heterocycles. The van der Waals surface area contributed by atoms with Crippen molar-refractivity contribution in [1.29, 1.82) is 0 Å². The maximum atomic E-state index is 11.4. The first-order valence-corrected chi connectivity index (χ1v) is 5.38. The highest BCUT2D eigenvalue weighted by molar-refractivity contribution is 5.93. The second-order valence-corrected chi connectivity index (χ2v) is 3.16. The Morgan fingerprint density at radius 3 is 2.69 bits per heavy atom. The highest BCUT2D eigenvalue weighted by Gasteiger charge is 2.09. The molecule has 0 aliphatic rings. The summed E-state index contributed by atoms with van der Waals surface area (Å²) in [6.07, 6.45) is 3.47. The summed E-state index contributed by atoms with van der Waals surface area (Å²) in [6.45, 7) is 5.98. The monoisotopic (exact) mass is 219 g/mol. The number of amides is 1. The summed E-state index contributed by atoms with van der Waals surface area (Å²) in [5.74, 6) is -0.122. The summed E-state index contributed by atoms with van der Waals surface area (Å²) in [6, 6.07) is 3.86. The SMILES string of the molecule is CC.CNC(=O)c1cnc2ccc(C)cn12. The van der Waals surface area contributed by atoms with Crippen LogP contribution in [0.2, 0.25) is 0 Å². The van der Waals surface area contributed by atoms with Crippen LogP contribution in [0.25, 0.3) is 5.65 Å². The number of carbonyl (C=O) groups is 1. The third-order valence-corrected chi connectivity index (χ3v) is 2.11. The lowest BCUT2D eigenvalue weighted by atomic mass is 10.3. The van der Waals surface area contributed by atoms with Crippen molar-refractivity contribution in [2.24, 2.45) is 0 Å². The van der Waals surface area contributed by atoms with Crippen LogP contribution in [0, 0.1) is 6.92 Å². The number of aromatic nitrogens is 2. The van der Waals surface area contributed by atoms with Gasteiger partial charge in [-0.05, 0) is 18.6 Å². The number of carbonyl (C=O) groups excluding carboxylic acids is 1. The molecule has 16 heavy (non-hydrogen) atoms. The van der Waals surface area contributed by atoms with Crippen molar-refractivity contribution in [3.8, 4) is 0 Å². The molecule has 2 aromatic heterocycles. The van der Waals surface area contributed by atoms with Gasteiger partial charge >= 0.3 is 0 Å². The lowest BCUT2D eigenvalue weighted by Crippen LogP contribution is -2.19. The van der Waals surface area contributed by atoms with E-state index < -0.39 is 0 Å². The third-order valence-electron chi connectivity index (χ3n) is 2.11. The summed E-state index contributed by atoms with van der Waals surface area (Å²) in [5, 5.41) is 2.58. The molecule has 0 spiro atoms. The van der Waals surface area contributed by atoms with E-state index in [1.807, 2.05) is 39.1 Å². The summed E-state index contributed by atoms with van der Waals surface area (Å²) < 4.78 is 1.79. The first-order chi connectivity index (χ1) is 7.72. The van der Waals surface area contributed by atoms with Gasteiger partial charge < -0.3 is 5.32 Å². The molecule has 0 aromatic carbocycles. The first-order valence-electron chi connectivity index (χ1n) is 5.38. The predicted octanol–water partition coefficient (Wildman–Crippen LogP) is 2.03. The van der Waals surface area contributed by atoms with Gasteiger partial charge in [0.2, 0.25) is 0 Å². The summed E-state index contributed by atoms with van der Waals surface area (Å²) in [7, 11) is 1.61. The Bertz CT molecular complexity index is 488. The van der Waals surface area contributed by atoms with Crippen LogP contribution in [-0.2, 0) is 0 Å². The molecule has 0 fully saturated rings. The highest BCUT2D eigenvalue weighted by atomic mass is 16.1. The Labute approximate surface area is 95.3 Å². The van der Waals surface area contributed by atoms with Crippen molar-refractivity contribution >= 4 is 11.6 Å². The Morgan fingerprint density at radius 1 is 1.38 bits per heavy atom. The Balaban J connectivity index is 0.000000606. The second kappa shape index (κ2) is 5.30. The fourth-order valence-electron chi connectivity index (χ4n) is 1.38. The molecule has 1 N–H and O–H groups in total. The minimum absolute atomic E-state index is 0.122. The molecule has 1 amide bonds. The van der Waals surface area contributed by atoms with Crippen LogP contribution in [0.4, 0.5) is 0 Å². The van der Waals surface area contributed by atoms with Crippen LogP contribution in [-0.4, -0.2) is 22.3 Å². The van der Waals surface area contributed by atoms with E-state index in [2.05, 4.69) is 10.3 Å². The van der Waals surface area contributed by atoms with E-state index in [9.17, 15) is 4.79 Å². The number of nitrogens with zero attached hydrogens (tertiary/aromatic N) is 2. The topological polar surface area (TPSA) is 46.4 Å². The third kappa shape index (κ3) is 2.21. The van der Waals surface area contributed by atoms with E-state index in [-0.39, 0.29) is 5.91 Å². The molecule has 0 radical (unpaired) electrons. The van der Waals surface area contributed by atoms with Crippen LogP contribution in [0.15, 0.2) is 24.5 Å². The van der Waals surface area contributed by atoms with Crippen molar-refractivity contribution in [3.05, 3.63) is 35.8 Å². The van der Waals surface area contributed by atoms with Gasteiger partial charge in [0.25, 0.3) is 5.91 Å². The number of hydrogen-bond donors (Lipinski definition) is 1. The Morgan fingerprint density at radius 2 is 2.06 bits per heavy atom. The maximum absolute atomic E-state index is 11.4. The number of rotatable bonds is 1. The fourth-order valence-corrected chi connectivity index (χ4v) is 1.38. The Kier molecular flexibility index (Phi) is 4.05. The summed E-state index contributed by atoms with van der Waals surface area (Å²) in [5.41, 5.74) is 2.45. The van der Waals surface area contributed by atoms with E-state index in [4.69, 9.17) is 0 Å². The normalized spacial score (nSPS) is 9.50. The van der Waals surface area contributed by atoms with Crippen LogP contribution < -0.4 is 5.32 Å². The molecule has 2 aromatic rings. The van der Waals surface area contributed by atoms with Gasteiger partial charge in [0, 0.05) is 13.2 Å². The number of nitrogens with one attached hydrogen (secondary N) is 1. The van der Waals surface area contributed by atoms with Crippen molar-refractivity contribution in [3.63, 3.8) is 0 Å². The minimum atomic E-state index is -0.122. The molecule has 0 saturated carbocycles. The van der Waals surface area contributed by atoms with Gasteiger partial charge in [0.1, 0.15) is 11.3 Å². The van der Waals surface area contributed by atoms with E-state index >= 15 is 0 Å². The Hall–Kier alpha value is -1.84. The standard InChI is InChI=1S/C10H11N3O.C2H6/c1-7-3-4-9-12-5-8(10(14)11-2)13(9)6-7;1-2/h3-6H,1-2H3,(H,11,14);1-2H3. The van der Waals surface area contributed by atoms with Crippen LogP contribution >= 0.6 is 0 Å². The summed E-state index contributed by atoms with van der Waals surface area (Å²) >= 11 is 0. The van der Waals surface area contributed by atoms with Gasteiger partial charge in [-0.1, -0.05) is 19.9 Å². The molecule has 4 nitrogen and oxygen atoms in total. The zero-order valence-corrected chi connectivity index (χ0v) is 10.1. The van der Waals surface area contributed by atoms with Gasteiger partial charge in [0.15, 0.2) is 0 Å². The first kappa shape index (κ1) is 12.2. The van der Waals surface area contributed by atoms with Crippen molar-refractivity contribution < 1.29 is 4.79 Å². The van der Waals surface area contributed by atoms with Crippen LogP contribution in [0.1, 0.15) is 29.9 Å². The van der Waals surface area contributed by atoms with Crippen LogP contribution in [0.3, 0.4) is 0 Å². The number of pyridine rings is 1. The molecule has 0 saturated heterocycles. The smallest absolute Gasteiger partial charge is 0.269 e. The lowest BCUT2D eigenvalue weighted by Gasteiger charge is -2.00. The molecular formula is C12H17N3O.